The molecule has 0 saturated carbocycles. The normalized spacial score (nSPS) is 19.7. The lowest BCUT2D eigenvalue weighted by atomic mass is 10.2. The van der Waals surface area contributed by atoms with E-state index in [4.69, 9.17) is 0 Å². The number of piperazine rings is 1. The number of carbonyl (C=O) groups excluding carboxylic acids is 2. The SMILES string of the molecule is CNc1ncc(F)c(N2CC(=O)NC(=O)C2C)n1. The standard InChI is InChI=1S/C10H12FN5O2/c1-5-9(18)14-7(17)4-16(5)8-6(11)3-13-10(12-2)15-8/h3,5H,4H2,1-2H3,(H,12,13,15)(H,14,17,18). The summed E-state index contributed by atoms with van der Waals surface area (Å²) in [5, 5.41) is 4.85. The average molecular weight is 253 g/mol. The second kappa shape index (κ2) is 4.55. The van der Waals surface area contributed by atoms with Crippen LogP contribution in [-0.2, 0) is 9.59 Å². The van der Waals surface area contributed by atoms with Crippen LogP contribution in [0.3, 0.4) is 0 Å². The molecule has 2 amide bonds. The van der Waals surface area contributed by atoms with Crippen molar-refractivity contribution in [1.82, 2.24) is 15.3 Å². The highest BCUT2D eigenvalue weighted by Gasteiger charge is 2.32. The molecule has 0 bridgehead atoms. The Bertz CT molecular complexity index is 507. The molecule has 1 atom stereocenters. The predicted octanol–water partition coefficient (Wildman–Crippen LogP) is -0.491. The molecule has 18 heavy (non-hydrogen) atoms. The quantitative estimate of drug-likeness (QED) is 0.691. The van der Waals surface area contributed by atoms with Crippen LogP contribution in [0.1, 0.15) is 6.92 Å². The summed E-state index contributed by atoms with van der Waals surface area (Å²) in [5.74, 6) is -1.48. The number of nitrogens with zero attached hydrogens (tertiary/aromatic N) is 3. The zero-order valence-electron chi connectivity index (χ0n) is 9.90. The van der Waals surface area contributed by atoms with Gasteiger partial charge >= 0.3 is 0 Å². The van der Waals surface area contributed by atoms with E-state index in [1.54, 1.807) is 14.0 Å². The molecule has 1 aromatic rings. The largest absolute Gasteiger partial charge is 0.357 e. The highest BCUT2D eigenvalue weighted by atomic mass is 19.1. The molecule has 2 heterocycles. The molecule has 0 aromatic carbocycles. The van der Waals surface area contributed by atoms with Gasteiger partial charge in [-0.05, 0) is 6.92 Å². The number of amides is 2. The van der Waals surface area contributed by atoms with Gasteiger partial charge in [0.1, 0.15) is 6.04 Å². The topological polar surface area (TPSA) is 87.2 Å². The zero-order chi connectivity index (χ0) is 13.3. The first-order valence-corrected chi connectivity index (χ1v) is 5.33. The number of nitrogens with one attached hydrogen (secondary N) is 2. The minimum atomic E-state index is -0.677. The Kier molecular flexibility index (Phi) is 3.09. The molecular weight excluding hydrogens is 241 g/mol. The third-order valence-electron chi connectivity index (χ3n) is 2.64. The van der Waals surface area contributed by atoms with E-state index in [1.165, 1.54) is 4.90 Å². The van der Waals surface area contributed by atoms with Gasteiger partial charge < -0.3 is 10.2 Å². The lowest BCUT2D eigenvalue weighted by Gasteiger charge is -2.32. The molecule has 7 nitrogen and oxygen atoms in total. The van der Waals surface area contributed by atoms with Crippen LogP contribution in [0.25, 0.3) is 0 Å². The van der Waals surface area contributed by atoms with Crippen molar-refractivity contribution in [2.24, 2.45) is 0 Å². The van der Waals surface area contributed by atoms with Gasteiger partial charge in [0.2, 0.25) is 17.8 Å². The molecule has 96 valence electrons. The molecule has 0 aliphatic carbocycles. The summed E-state index contributed by atoms with van der Waals surface area (Å²) < 4.78 is 13.7. The molecule has 1 unspecified atom stereocenters. The first-order valence-electron chi connectivity index (χ1n) is 5.33. The molecule has 1 saturated heterocycles. The first kappa shape index (κ1) is 12.2. The van der Waals surface area contributed by atoms with Crippen LogP contribution >= 0.6 is 0 Å². The molecule has 2 N–H and O–H groups in total. The lowest BCUT2D eigenvalue weighted by molar-refractivity contribution is -0.132. The van der Waals surface area contributed by atoms with E-state index in [1.807, 2.05) is 0 Å². The molecule has 1 aromatic heterocycles. The van der Waals surface area contributed by atoms with Crippen LogP contribution in [-0.4, -0.2) is 41.4 Å². The Labute approximate surface area is 102 Å². The summed E-state index contributed by atoms with van der Waals surface area (Å²) in [5.41, 5.74) is 0. The van der Waals surface area contributed by atoms with Crippen LogP contribution in [0.4, 0.5) is 16.2 Å². The Morgan fingerprint density at radius 3 is 2.94 bits per heavy atom. The van der Waals surface area contributed by atoms with Gasteiger partial charge in [-0.2, -0.15) is 4.98 Å². The van der Waals surface area contributed by atoms with Crippen molar-refractivity contribution in [3.63, 3.8) is 0 Å². The number of carbonyl (C=O) groups is 2. The van der Waals surface area contributed by atoms with Crippen LogP contribution in [0.2, 0.25) is 0 Å². The first-order chi connectivity index (χ1) is 8.52. The zero-order valence-corrected chi connectivity index (χ0v) is 9.90. The fourth-order valence-corrected chi connectivity index (χ4v) is 1.65. The maximum Gasteiger partial charge on any atom is 0.249 e. The summed E-state index contributed by atoms with van der Waals surface area (Å²) in [6.07, 6.45) is 0.998. The number of anilines is 2. The summed E-state index contributed by atoms with van der Waals surface area (Å²) in [4.78, 5) is 31.8. The third kappa shape index (κ3) is 2.08. The van der Waals surface area contributed by atoms with Gasteiger partial charge in [0.05, 0.1) is 12.7 Å². The van der Waals surface area contributed by atoms with Gasteiger partial charge in [0, 0.05) is 7.05 Å². The minimum absolute atomic E-state index is 0.0648. The second-order valence-corrected chi connectivity index (χ2v) is 3.83. The Morgan fingerprint density at radius 2 is 2.28 bits per heavy atom. The summed E-state index contributed by atoms with van der Waals surface area (Å²) >= 11 is 0. The summed E-state index contributed by atoms with van der Waals surface area (Å²) in [6.45, 7) is 1.45. The highest BCUT2D eigenvalue weighted by molar-refractivity contribution is 6.04. The number of hydrogen-bond acceptors (Lipinski definition) is 6. The van der Waals surface area contributed by atoms with Crippen molar-refractivity contribution in [3.05, 3.63) is 12.0 Å². The third-order valence-corrected chi connectivity index (χ3v) is 2.64. The van der Waals surface area contributed by atoms with Gasteiger partial charge in [-0.3, -0.25) is 14.9 Å². The Hall–Kier alpha value is -2.25. The monoisotopic (exact) mass is 253 g/mol. The van der Waals surface area contributed by atoms with E-state index in [0.717, 1.165) is 6.20 Å². The number of imide groups is 1. The van der Waals surface area contributed by atoms with Gasteiger partial charge in [-0.1, -0.05) is 0 Å². The molecule has 0 spiro atoms. The van der Waals surface area contributed by atoms with Crippen molar-refractivity contribution < 1.29 is 14.0 Å². The lowest BCUT2D eigenvalue weighted by Crippen LogP contribution is -2.57. The molecule has 1 aliphatic rings. The van der Waals surface area contributed by atoms with Crippen LogP contribution in [0.5, 0.6) is 0 Å². The van der Waals surface area contributed by atoms with Crippen molar-refractivity contribution in [3.8, 4) is 0 Å². The molecule has 0 radical (unpaired) electrons. The molecule has 1 fully saturated rings. The maximum atomic E-state index is 13.7. The maximum absolute atomic E-state index is 13.7. The minimum Gasteiger partial charge on any atom is -0.357 e. The van der Waals surface area contributed by atoms with Crippen molar-refractivity contribution >= 4 is 23.6 Å². The number of aromatic nitrogens is 2. The number of halogens is 1. The molecule has 2 rings (SSSR count). The fourth-order valence-electron chi connectivity index (χ4n) is 1.65. The summed E-state index contributed by atoms with van der Waals surface area (Å²) in [6, 6.07) is -0.670. The van der Waals surface area contributed by atoms with Gasteiger partial charge in [0.25, 0.3) is 0 Å². The Morgan fingerprint density at radius 1 is 1.56 bits per heavy atom. The number of hydrogen-bond donors (Lipinski definition) is 2. The van der Waals surface area contributed by atoms with Crippen LogP contribution in [0.15, 0.2) is 6.20 Å². The van der Waals surface area contributed by atoms with E-state index in [2.05, 4.69) is 20.6 Å². The van der Waals surface area contributed by atoms with E-state index < -0.39 is 23.7 Å². The molecule has 8 heteroatoms. The van der Waals surface area contributed by atoms with Crippen LogP contribution in [0, 0.1) is 5.82 Å². The van der Waals surface area contributed by atoms with E-state index >= 15 is 0 Å². The van der Waals surface area contributed by atoms with Gasteiger partial charge in [0.15, 0.2) is 11.6 Å². The van der Waals surface area contributed by atoms with Crippen LogP contribution < -0.4 is 15.5 Å². The van der Waals surface area contributed by atoms with Crippen molar-refractivity contribution in [1.29, 1.82) is 0 Å². The smallest absolute Gasteiger partial charge is 0.249 e. The predicted molar refractivity (Wildman–Crippen MR) is 61.5 cm³/mol. The highest BCUT2D eigenvalue weighted by Crippen LogP contribution is 2.21. The van der Waals surface area contributed by atoms with E-state index in [9.17, 15) is 14.0 Å². The molecule has 1 aliphatic heterocycles. The number of rotatable bonds is 2. The molecular formula is C10H12FN5O2. The van der Waals surface area contributed by atoms with Gasteiger partial charge in [-0.15, -0.1) is 0 Å². The van der Waals surface area contributed by atoms with Crippen molar-refractivity contribution in [2.75, 3.05) is 23.8 Å². The second-order valence-electron chi connectivity index (χ2n) is 3.83. The fraction of sp³-hybridized carbons (Fsp3) is 0.400. The van der Waals surface area contributed by atoms with E-state index in [-0.39, 0.29) is 18.3 Å². The Balaban J connectivity index is 2.40. The average Bonchev–Trinajstić information content (AvgIpc) is 2.34. The van der Waals surface area contributed by atoms with E-state index in [0.29, 0.717) is 0 Å². The van der Waals surface area contributed by atoms with Crippen molar-refractivity contribution in [2.45, 2.75) is 13.0 Å². The summed E-state index contributed by atoms with van der Waals surface area (Å²) in [7, 11) is 1.59. The van der Waals surface area contributed by atoms with Gasteiger partial charge in [-0.25, -0.2) is 9.37 Å².